The van der Waals surface area contributed by atoms with Crippen LogP contribution in [0.25, 0.3) is 0 Å². The van der Waals surface area contributed by atoms with Crippen LogP contribution in [0.4, 0.5) is 13.2 Å². The molecule has 0 aromatic heterocycles. The normalized spacial score (nSPS) is 12.7. The Kier molecular flexibility index (Phi) is 6.66. The van der Waals surface area contributed by atoms with Crippen LogP contribution in [0.15, 0.2) is 54.6 Å². The van der Waals surface area contributed by atoms with Crippen molar-refractivity contribution < 1.29 is 22.7 Å². The molecule has 1 amide bonds. The molecule has 0 spiro atoms. The average molecular weight is 365 g/mol. The minimum atomic E-state index is -4.45. The zero-order chi connectivity index (χ0) is 19.2. The standard InChI is InChI=1S/C20H22F3NO2/c1-14(2)11-18(15-7-4-3-5-8-15)24-19(25)13-26-17-10-6-9-16(12-17)20(21,22)23/h3-10,12,14,18H,11,13H2,1-2H3,(H,24,25)/t18-/m0/s1. The summed E-state index contributed by atoms with van der Waals surface area (Å²) < 4.78 is 43.4. The van der Waals surface area contributed by atoms with Crippen molar-refractivity contribution in [1.82, 2.24) is 5.32 Å². The summed E-state index contributed by atoms with van der Waals surface area (Å²) in [6.07, 6.45) is -3.70. The molecule has 140 valence electrons. The maximum atomic E-state index is 12.7. The van der Waals surface area contributed by atoms with Gasteiger partial charge in [0.2, 0.25) is 0 Å². The topological polar surface area (TPSA) is 38.3 Å². The van der Waals surface area contributed by atoms with Crippen molar-refractivity contribution >= 4 is 5.91 Å². The minimum absolute atomic E-state index is 0.00935. The van der Waals surface area contributed by atoms with Gasteiger partial charge in [-0.1, -0.05) is 50.2 Å². The largest absolute Gasteiger partial charge is 0.484 e. The van der Waals surface area contributed by atoms with E-state index in [1.165, 1.54) is 12.1 Å². The molecule has 3 nitrogen and oxygen atoms in total. The zero-order valence-electron chi connectivity index (χ0n) is 14.7. The fourth-order valence-electron chi connectivity index (χ4n) is 2.58. The van der Waals surface area contributed by atoms with E-state index < -0.39 is 11.7 Å². The summed E-state index contributed by atoms with van der Waals surface area (Å²) in [5.74, 6) is -0.00287. The molecule has 0 bridgehead atoms. The Morgan fingerprint density at radius 3 is 2.38 bits per heavy atom. The molecule has 0 fully saturated rings. The van der Waals surface area contributed by atoms with Gasteiger partial charge in [-0.3, -0.25) is 4.79 Å². The minimum Gasteiger partial charge on any atom is -0.484 e. The number of benzene rings is 2. The molecule has 0 saturated heterocycles. The maximum Gasteiger partial charge on any atom is 0.416 e. The molecule has 2 aromatic carbocycles. The van der Waals surface area contributed by atoms with Gasteiger partial charge in [0.25, 0.3) is 5.91 Å². The fraction of sp³-hybridized carbons (Fsp3) is 0.350. The summed E-state index contributed by atoms with van der Waals surface area (Å²) in [5, 5.41) is 2.89. The van der Waals surface area contributed by atoms with Crippen molar-refractivity contribution in [2.24, 2.45) is 5.92 Å². The lowest BCUT2D eigenvalue weighted by Crippen LogP contribution is -2.33. The predicted molar refractivity (Wildman–Crippen MR) is 93.7 cm³/mol. The van der Waals surface area contributed by atoms with Gasteiger partial charge in [-0.2, -0.15) is 13.2 Å². The summed E-state index contributed by atoms with van der Waals surface area (Å²) in [6, 6.07) is 13.9. The van der Waals surface area contributed by atoms with Crippen LogP contribution in [0, 0.1) is 5.92 Å². The van der Waals surface area contributed by atoms with E-state index in [2.05, 4.69) is 19.2 Å². The summed E-state index contributed by atoms with van der Waals surface area (Å²) in [7, 11) is 0. The Bertz CT molecular complexity index is 714. The van der Waals surface area contributed by atoms with Crippen molar-refractivity contribution in [3.8, 4) is 5.75 Å². The fourth-order valence-corrected chi connectivity index (χ4v) is 2.58. The Labute approximate surface area is 151 Å². The summed E-state index contributed by atoms with van der Waals surface area (Å²) in [4.78, 5) is 12.2. The molecule has 0 saturated carbocycles. The molecule has 0 aliphatic rings. The Balaban J connectivity index is 1.98. The van der Waals surface area contributed by atoms with Crippen LogP contribution in [0.3, 0.4) is 0 Å². The third-order valence-corrected chi connectivity index (χ3v) is 3.78. The van der Waals surface area contributed by atoms with Crippen LogP contribution in [0.1, 0.15) is 37.4 Å². The van der Waals surface area contributed by atoms with Crippen molar-refractivity contribution in [2.45, 2.75) is 32.5 Å². The molecule has 0 radical (unpaired) electrons. The summed E-state index contributed by atoms with van der Waals surface area (Å²) in [6.45, 7) is 3.77. The molecule has 0 aliphatic heterocycles. The number of ether oxygens (including phenoxy) is 1. The predicted octanol–water partition coefficient (Wildman–Crippen LogP) is 4.99. The Hall–Kier alpha value is -2.50. The molecule has 1 N–H and O–H groups in total. The average Bonchev–Trinajstić information content (AvgIpc) is 2.59. The van der Waals surface area contributed by atoms with Gasteiger partial charge in [-0.25, -0.2) is 0 Å². The SMILES string of the molecule is CC(C)C[C@H](NC(=O)COc1cccc(C(F)(F)F)c1)c1ccccc1. The second-order valence-electron chi connectivity index (χ2n) is 6.47. The van der Waals surface area contributed by atoms with E-state index in [4.69, 9.17) is 4.74 Å². The van der Waals surface area contributed by atoms with Gasteiger partial charge in [0.15, 0.2) is 6.61 Å². The van der Waals surface area contributed by atoms with Gasteiger partial charge >= 0.3 is 6.18 Å². The third-order valence-electron chi connectivity index (χ3n) is 3.78. The van der Waals surface area contributed by atoms with E-state index in [0.717, 1.165) is 24.1 Å². The first-order valence-electron chi connectivity index (χ1n) is 8.40. The first kappa shape index (κ1) is 19.8. The highest BCUT2D eigenvalue weighted by molar-refractivity contribution is 5.78. The quantitative estimate of drug-likeness (QED) is 0.751. The molecular weight excluding hydrogens is 343 g/mol. The van der Waals surface area contributed by atoms with Gasteiger partial charge in [-0.05, 0) is 36.1 Å². The maximum absolute atomic E-state index is 12.7. The van der Waals surface area contributed by atoms with Crippen molar-refractivity contribution in [1.29, 1.82) is 0 Å². The van der Waals surface area contributed by atoms with Crippen LogP contribution in [-0.4, -0.2) is 12.5 Å². The van der Waals surface area contributed by atoms with E-state index in [9.17, 15) is 18.0 Å². The van der Waals surface area contributed by atoms with Crippen molar-refractivity contribution in [3.63, 3.8) is 0 Å². The summed E-state index contributed by atoms with van der Waals surface area (Å²) in [5.41, 5.74) is 0.172. The van der Waals surface area contributed by atoms with Crippen LogP contribution >= 0.6 is 0 Å². The van der Waals surface area contributed by atoms with Gasteiger partial charge in [0, 0.05) is 0 Å². The van der Waals surface area contributed by atoms with Crippen LogP contribution < -0.4 is 10.1 Å². The second kappa shape index (κ2) is 8.74. The monoisotopic (exact) mass is 365 g/mol. The Morgan fingerprint density at radius 1 is 1.08 bits per heavy atom. The smallest absolute Gasteiger partial charge is 0.416 e. The molecule has 0 aliphatic carbocycles. The van der Waals surface area contributed by atoms with E-state index >= 15 is 0 Å². The molecule has 2 rings (SSSR count). The number of halogens is 3. The molecule has 0 unspecified atom stereocenters. The second-order valence-corrected chi connectivity index (χ2v) is 6.47. The van der Waals surface area contributed by atoms with Gasteiger partial charge < -0.3 is 10.1 Å². The highest BCUT2D eigenvalue weighted by atomic mass is 19.4. The first-order chi connectivity index (χ1) is 12.3. The number of alkyl halides is 3. The van der Waals surface area contributed by atoms with Gasteiger partial charge in [-0.15, -0.1) is 0 Å². The highest BCUT2D eigenvalue weighted by Crippen LogP contribution is 2.31. The molecule has 2 aromatic rings. The Morgan fingerprint density at radius 2 is 1.77 bits per heavy atom. The number of hydrogen-bond acceptors (Lipinski definition) is 2. The van der Waals surface area contributed by atoms with Crippen LogP contribution in [0.5, 0.6) is 5.75 Å². The molecule has 26 heavy (non-hydrogen) atoms. The van der Waals surface area contributed by atoms with E-state index in [-0.39, 0.29) is 24.3 Å². The number of amides is 1. The molecular formula is C20H22F3NO2. The number of nitrogens with one attached hydrogen (secondary N) is 1. The lowest BCUT2D eigenvalue weighted by atomic mass is 9.97. The molecule has 1 atom stereocenters. The molecule has 0 heterocycles. The van der Waals surface area contributed by atoms with Crippen molar-refractivity contribution in [3.05, 3.63) is 65.7 Å². The lowest BCUT2D eigenvalue weighted by Gasteiger charge is -2.21. The van der Waals surface area contributed by atoms with E-state index in [1.807, 2.05) is 30.3 Å². The zero-order valence-corrected chi connectivity index (χ0v) is 14.7. The summed E-state index contributed by atoms with van der Waals surface area (Å²) >= 11 is 0. The number of rotatable bonds is 7. The van der Waals surface area contributed by atoms with Crippen molar-refractivity contribution in [2.75, 3.05) is 6.61 Å². The molecule has 6 heteroatoms. The van der Waals surface area contributed by atoms with Gasteiger partial charge in [0.05, 0.1) is 11.6 Å². The van der Waals surface area contributed by atoms with Crippen LogP contribution in [-0.2, 0) is 11.0 Å². The third kappa shape index (κ3) is 6.10. The number of hydrogen-bond donors (Lipinski definition) is 1. The lowest BCUT2D eigenvalue weighted by molar-refractivity contribution is -0.137. The van der Waals surface area contributed by atoms with E-state index in [0.29, 0.717) is 5.92 Å². The first-order valence-corrected chi connectivity index (χ1v) is 8.40. The number of carbonyl (C=O) groups is 1. The highest BCUT2D eigenvalue weighted by Gasteiger charge is 2.30. The number of carbonyl (C=O) groups excluding carboxylic acids is 1. The van der Waals surface area contributed by atoms with Gasteiger partial charge in [0.1, 0.15) is 5.75 Å². The van der Waals surface area contributed by atoms with Crippen LogP contribution in [0.2, 0.25) is 0 Å². The van der Waals surface area contributed by atoms with E-state index in [1.54, 1.807) is 0 Å².